The third-order valence-corrected chi connectivity index (χ3v) is 6.37. The van der Waals surface area contributed by atoms with Gasteiger partial charge in [-0.2, -0.15) is 0 Å². The highest BCUT2D eigenvalue weighted by molar-refractivity contribution is 5.81. The Kier molecular flexibility index (Phi) is 5.75. The van der Waals surface area contributed by atoms with Crippen LogP contribution in [0.3, 0.4) is 0 Å². The van der Waals surface area contributed by atoms with Crippen LogP contribution in [0, 0.1) is 10.8 Å². The number of nitrogens with zero attached hydrogens (tertiary/aromatic N) is 4. The van der Waals surface area contributed by atoms with Crippen molar-refractivity contribution in [3.8, 4) is 11.5 Å². The van der Waals surface area contributed by atoms with Crippen LogP contribution in [0.15, 0.2) is 35.1 Å². The van der Waals surface area contributed by atoms with E-state index in [1.54, 1.807) is 0 Å². The lowest BCUT2D eigenvalue weighted by Gasteiger charge is -2.41. The average Bonchev–Trinajstić information content (AvgIpc) is 3.21. The first-order valence-corrected chi connectivity index (χ1v) is 11.4. The molecule has 1 fully saturated rings. The van der Waals surface area contributed by atoms with Gasteiger partial charge in [0.25, 0.3) is 0 Å². The molecule has 1 aliphatic carbocycles. The molecule has 5 heteroatoms. The van der Waals surface area contributed by atoms with E-state index < -0.39 is 0 Å². The summed E-state index contributed by atoms with van der Waals surface area (Å²) in [6.07, 6.45) is 7.46. The molecule has 1 saturated heterocycles. The van der Waals surface area contributed by atoms with Gasteiger partial charge in [-0.25, -0.2) is 0 Å². The molecule has 2 aromatic rings. The van der Waals surface area contributed by atoms with E-state index in [0.717, 1.165) is 38.2 Å². The summed E-state index contributed by atoms with van der Waals surface area (Å²) < 4.78 is 5.50. The summed E-state index contributed by atoms with van der Waals surface area (Å²) in [7, 11) is 0. The molecule has 0 unspecified atom stereocenters. The minimum absolute atomic E-state index is 0.208. The molecule has 1 aromatic heterocycles. The molecule has 1 aromatic carbocycles. The largest absolute Gasteiger partial charge is 0.423 e. The lowest BCUT2D eigenvalue weighted by atomic mass is 9.65. The van der Waals surface area contributed by atoms with Gasteiger partial charge in [0.15, 0.2) is 0 Å². The molecular formula is C25H36N4O. The number of hydrogen-bond acceptors (Lipinski definition) is 5. The third kappa shape index (κ3) is 4.61. The second-order valence-corrected chi connectivity index (χ2v) is 10.5. The fraction of sp³-hybridized carbons (Fsp3) is 0.600. The van der Waals surface area contributed by atoms with E-state index in [1.807, 2.05) is 0 Å². The molecule has 0 bridgehead atoms. The molecule has 0 N–H and O–H groups in total. The Hall–Kier alpha value is -2.14. The van der Waals surface area contributed by atoms with Crippen LogP contribution in [-0.2, 0) is 0 Å². The van der Waals surface area contributed by atoms with Gasteiger partial charge in [0, 0.05) is 43.0 Å². The van der Waals surface area contributed by atoms with Gasteiger partial charge < -0.3 is 9.32 Å². The summed E-state index contributed by atoms with van der Waals surface area (Å²) in [5.74, 6) is 0.589. The monoisotopic (exact) mass is 408 g/mol. The summed E-state index contributed by atoms with van der Waals surface area (Å²) in [6.45, 7) is 17.3. The van der Waals surface area contributed by atoms with Crippen LogP contribution in [0.1, 0.15) is 59.4 Å². The highest BCUT2D eigenvalue weighted by Crippen LogP contribution is 2.49. The highest BCUT2D eigenvalue weighted by Gasteiger charge is 2.34. The van der Waals surface area contributed by atoms with Crippen molar-refractivity contribution in [1.29, 1.82) is 0 Å². The highest BCUT2D eigenvalue weighted by atomic mass is 16.4. The van der Waals surface area contributed by atoms with Gasteiger partial charge in [-0.1, -0.05) is 46.8 Å². The van der Waals surface area contributed by atoms with Crippen molar-refractivity contribution in [2.45, 2.75) is 53.9 Å². The molecule has 0 radical (unpaired) electrons. The van der Waals surface area contributed by atoms with Crippen LogP contribution in [0.5, 0.6) is 0 Å². The van der Waals surface area contributed by atoms with Crippen LogP contribution in [-0.4, -0.2) is 47.8 Å². The van der Waals surface area contributed by atoms with Crippen molar-refractivity contribution in [2.24, 2.45) is 10.8 Å². The zero-order valence-corrected chi connectivity index (χ0v) is 19.2. The molecule has 162 valence electrons. The molecule has 4 rings (SSSR count). The van der Waals surface area contributed by atoms with E-state index in [0.29, 0.717) is 11.3 Å². The second-order valence-electron chi connectivity index (χ2n) is 10.5. The summed E-state index contributed by atoms with van der Waals surface area (Å²) in [4.78, 5) is 5.13. The van der Waals surface area contributed by atoms with E-state index in [1.165, 1.54) is 42.6 Å². The van der Waals surface area contributed by atoms with E-state index in [9.17, 15) is 0 Å². The summed E-state index contributed by atoms with van der Waals surface area (Å²) >= 11 is 0. The summed E-state index contributed by atoms with van der Waals surface area (Å²) in [5.41, 5.74) is 5.65. The Morgan fingerprint density at radius 2 is 1.83 bits per heavy atom. The lowest BCUT2D eigenvalue weighted by molar-refractivity contribution is 0.228. The summed E-state index contributed by atoms with van der Waals surface area (Å²) in [6, 6.07) is 6.67. The van der Waals surface area contributed by atoms with E-state index in [-0.39, 0.29) is 5.41 Å². The fourth-order valence-corrected chi connectivity index (χ4v) is 5.58. The Morgan fingerprint density at radius 1 is 1.07 bits per heavy atom. The Morgan fingerprint density at radius 3 is 2.47 bits per heavy atom. The van der Waals surface area contributed by atoms with Crippen LogP contribution in [0.2, 0.25) is 0 Å². The van der Waals surface area contributed by atoms with Crippen LogP contribution in [0.4, 0.5) is 5.69 Å². The zero-order chi connectivity index (χ0) is 21.4. The number of allylic oxidation sites excluding steroid dienone is 2. The molecule has 0 amide bonds. The van der Waals surface area contributed by atoms with E-state index in [2.05, 4.69) is 78.9 Å². The van der Waals surface area contributed by atoms with E-state index in [4.69, 9.17) is 4.42 Å². The molecule has 5 nitrogen and oxygen atoms in total. The maximum atomic E-state index is 5.50. The predicted molar refractivity (Wildman–Crippen MR) is 123 cm³/mol. The Labute approximate surface area is 181 Å². The van der Waals surface area contributed by atoms with Crippen LogP contribution >= 0.6 is 0 Å². The van der Waals surface area contributed by atoms with Crippen molar-refractivity contribution in [1.82, 2.24) is 15.1 Å². The quantitative estimate of drug-likeness (QED) is 0.654. The number of piperazine rings is 1. The molecule has 1 aliphatic heterocycles. The Bertz CT molecular complexity index is 890. The van der Waals surface area contributed by atoms with Crippen molar-refractivity contribution in [3.05, 3.63) is 36.2 Å². The topological polar surface area (TPSA) is 45.4 Å². The van der Waals surface area contributed by atoms with Crippen LogP contribution < -0.4 is 4.90 Å². The number of hydrogen-bond donors (Lipinski definition) is 0. The SMILES string of the molecule is CCCN1CCN(c2cc(-c3nnco3)ccc2C2=CC(C)(C)CC(C)(C)C2)CC1. The average molecular weight is 409 g/mol. The smallest absolute Gasteiger partial charge is 0.247 e. The van der Waals surface area contributed by atoms with Gasteiger partial charge in [-0.3, -0.25) is 4.90 Å². The second kappa shape index (κ2) is 8.18. The molecule has 2 heterocycles. The van der Waals surface area contributed by atoms with Gasteiger partial charge in [-0.15, -0.1) is 10.2 Å². The molecule has 0 spiro atoms. The maximum absolute atomic E-state index is 5.50. The van der Waals surface area contributed by atoms with Crippen LogP contribution in [0.25, 0.3) is 17.0 Å². The van der Waals surface area contributed by atoms with Crippen molar-refractivity contribution in [2.75, 3.05) is 37.6 Å². The normalized spacial score (nSPS) is 21.5. The molecule has 0 saturated carbocycles. The molecule has 0 atom stereocenters. The lowest BCUT2D eigenvalue weighted by Crippen LogP contribution is -2.46. The first-order valence-electron chi connectivity index (χ1n) is 11.4. The van der Waals surface area contributed by atoms with Crippen molar-refractivity contribution < 1.29 is 4.42 Å². The fourth-order valence-electron chi connectivity index (χ4n) is 5.58. The maximum Gasteiger partial charge on any atom is 0.247 e. The van der Waals surface area contributed by atoms with Gasteiger partial charge in [0.05, 0.1) is 0 Å². The first-order chi connectivity index (χ1) is 14.3. The first kappa shape index (κ1) is 21.1. The number of rotatable bonds is 5. The predicted octanol–water partition coefficient (Wildman–Crippen LogP) is 5.50. The summed E-state index contributed by atoms with van der Waals surface area (Å²) in [5, 5.41) is 8.01. The minimum Gasteiger partial charge on any atom is -0.423 e. The third-order valence-electron chi connectivity index (χ3n) is 6.37. The molecule has 2 aliphatic rings. The van der Waals surface area contributed by atoms with E-state index >= 15 is 0 Å². The number of anilines is 1. The standard InChI is InChI=1S/C25H36N4O/c1-6-9-28-10-12-29(13-11-28)22-14-19(23-27-26-18-30-23)7-8-21(22)20-15-24(2,3)17-25(4,5)16-20/h7-8,14-15,18H,6,9-13,16-17H2,1-5H3. The van der Waals surface area contributed by atoms with Gasteiger partial charge in [-0.05, 0) is 54.3 Å². The Balaban J connectivity index is 1.72. The number of benzene rings is 1. The molecule has 30 heavy (non-hydrogen) atoms. The van der Waals surface area contributed by atoms with Gasteiger partial charge >= 0.3 is 0 Å². The van der Waals surface area contributed by atoms with Gasteiger partial charge in [0.2, 0.25) is 12.3 Å². The zero-order valence-electron chi connectivity index (χ0n) is 19.2. The minimum atomic E-state index is 0.208. The van der Waals surface area contributed by atoms with Gasteiger partial charge in [0.1, 0.15) is 0 Å². The number of aromatic nitrogens is 2. The molecular weight excluding hydrogens is 372 g/mol. The van der Waals surface area contributed by atoms with Crippen molar-refractivity contribution >= 4 is 11.3 Å². The van der Waals surface area contributed by atoms with Crippen molar-refractivity contribution in [3.63, 3.8) is 0 Å².